The summed E-state index contributed by atoms with van der Waals surface area (Å²) in [6, 6.07) is 0. The molecule has 0 aromatic carbocycles. The fourth-order valence-electron chi connectivity index (χ4n) is 0.149. The van der Waals surface area contributed by atoms with E-state index in [0.717, 1.165) is 13.1 Å². The SMILES string of the molecule is [B]ON(C)CC.[B]ON(C)CC. The molecule has 4 radical (unpaired) electrons. The molecule has 0 heterocycles. The fraction of sp³-hybridized carbons (Fsp3) is 1.00. The van der Waals surface area contributed by atoms with Gasteiger partial charge in [-0.25, -0.2) is 10.1 Å². The Hall–Kier alpha value is -0.0301. The van der Waals surface area contributed by atoms with E-state index in [1.54, 1.807) is 14.1 Å². The molecule has 0 fully saturated rings. The Morgan fingerprint density at radius 2 is 1.17 bits per heavy atom. The molecule has 0 saturated carbocycles. The van der Waals surface area contributed by atoms with Crippen LogP contribution in [-0.4, -0.2) is 53.4 Å². The lowest BCUT2D eigenvalue weighted by molar-refractivity contribution is -0.0176. The molecule has 0 saturated heterocycles. The molecular formula is C6H16B2N2O2. The lowest BCUT2D eigenvalue weighted by atomic mass is 10.6. The van der Waals surface area contributed by atoms with Gasteiger partial charge >= 0.3 is 16.1 Å². The Balaban J connectivity index is 0. The van der Waals surface area contributed by atoms with Gasteiger partial charge in [0, 0.05) is 27.2 Å². The van der Waals surface area contributed by atoms with Gasteiger partial charge in [-0.1, -0.05) is 13.8 Å². The standard InChI is InChI=1S/2C3H8BNO/c2*1-3-5(2)6-4/h2*3H2,1-2H3. The predicted molar refractivity (Wildman–Crippen MR) is 50.3 cm³/mol. The van der Waals surface area contributed by atoms with Gasteiger partial charge in [-0.15, -0.1) is 0 Å². The van der Waals surface area contributed by atoms with Gasteiger partial charge in [-0.05, 0) is 0 Å². The van der Waals surface area contributed by atoms with Crippen molar-refractivity contribution in [3.63, 3.8) is 0 Å². The molecule has 0 N–H and O–H groups in total. The van der Waals surface area contributed by atoms with Crippen molar-refractivity contribution in [1.82, 2.24) is 10.1 Å². The van der Waals surface area contributed by atoms with Crippen molar-refractivity contribution in [2.45, 2.75) is 13.8 Å². The van der Waals surface area contributed by atoms with Crippen molar-refractivity contribution >= 4 is 16.1 Å². The summed E-state index contributed by atoms with van der Waals surface area (Å²) in [5, 5.41) is 3.06. The first-order valence-corrected chi connectivity index (χ1v) is 3.78. The van der Waals surface area contributed by atoms with Gasteiger partial charge in [0.1, 0.15) is 0 Å². The second kappa shape index (κ2) is 11.0. The fourth-order valence-corrected chi connectivity index (χ4v) is 0.149. The Kier molecular flexibility index (Phi) is 13.2. The lowest BCUT2D eigenvalue weighted by Crippen LogP contribution is -2.15. The first kappa shape index (κ1) is 14.5. The van der Waals surface area contributed by atoms with Crippen LogP contribution in [0.3, 0.4) is 0 Å². The second-order valence-electron chi connectivity index (χ2n) is 2.10. The first-order chi connectivity index (χ1) is 5.62. The minimum atomic E-state index is 0.816. The zero-order valence-corrected chi connectivity index (χ0v) is 8.28. The van der Waals surface area contributed by atoms with Gasteiger partial charge in [0.05, 0.1) is 0 Å². The summed E-state index contributed by atoms with van der Waals surface area (Å²) in [6.07, 6.45) is 0. The van der Waals surface area contributed by atoms with E-state index in [-0.39, 0.29) is 0 Å². The molecule has 4 nitrogen and oxygen atoms in total. The third-order valence-corrected chi connectivity index (χ3v) is 1.25. The molecule has 0 aromatic rings. The molecule has 0 aliphatic heterocycles. The van der Waals surface area contributed by atoms with Crippen molar-refractivity contribution < 1.29 is 9.51 Å². The van der Waals surface area contributed by atoms with Crippen LogP contribution in [0.25, 0.3) is 0 Å². The van der Waals surface area contributed by atoms with E-state index in [0.29, 0.717) is 0 Å². The van der Waals surface area contributed by atoms with Crippen LogP contribution in [-0.2, 0) is 9.51 Å². The van der Waals surface area contributed by atoms with E-state index in [2.05, 4.69) is 9.51 Å². The summed E-state index contributed by atoms with van der Waals surface area (Å²) in [6.45, 7) is 5.53. The van der Waals surface area contributed by atoms with Crippen LogP contribution in [0.5, 0.6) is 0 Å². The average Bonchev–Trinajstić information content (AvgIpc) is 2.16. The van der Waals surface area contributed by atoms with Crippen molar-refractivity contribution in [2.24, 2.45) is 0 Å². The summed E-state index contributed by atoms with van der Waals surface area (Å²) in [5.74, 6) is 0. The van der Waals surface area contributed by atoms with Crippen LogP contribution >= 0.6 is 0 Å². The third kappa shape index (κ3) is 12.6. The van der Waals surface area contributed by atoms with Crippen LogP contribution in [0.4, 0.5) is 0 Å². The minimum absolute atomic E-state index is 0.816. The minimum Gasteiger partial charge on any atom is -0.374 e. The van der Waals surface area contributed by atoms with Gasteiger partial charge in [0.2, 0.25) is 0 Å². The van der Waals surface area contributed by atoms with E-state index in [4.69, 9.17) is 16.1 Å². The lowest BCUT2D eigenvalue weighted by Gasteiger charge is -2.08. The van der Waals surface area contributed by atoms with E-state index in [9.17, 15) is 0 Å². The molecule has 0 atom stereocenters. The molecule has 0 rings (SSSR count). The topological polar surface area (TPSA) is 24.9 Å². The van der Waals surface area contributed by atoms with Gasteiger partial charge in [-0.3, -0.25) is 0 Å². The highest BCUT2D eigenvalue weighted by Gasteiger charge is 1.82. The molecule has 0 spiro atoms. The third-order valence-electron chi connectivity index (χ3n) is 1.25. The zero-order chi connectivity index (χ0) is 9.98. The molecule has 12 heavy (non-hydrogen) atoms. The largest absolute Gasteiger partial charge is 0.374 e. The summed E-state index contributed by atoms with van der Waals surface area (Å²) < 4.78 is 8.47. The van der Waals surface area contributed by atoms with E-state index in [1.807, 2.05) is 13.8 Å². The number of hydroxylamine groups is 4. The zero-order valence-electron chi connectivity index (χ0n) is 8.28. The maximum Gasteiger partial charge on any atom is 0.317 e. The Morgan fingerprint density at radius 3 is 1.17 bits per heavy atom. The van der Waals surface area contributed by atoms with Crippen molar-refractivity contribution in [3.8, 4) is 0 Å². The van der Waals surface area contributed by atoms with Gasteiger partial charge in [-0.2, -0.15) is 0 Å². The smallest absolute Gasteiger partial charge is 0.317 e. The molecule has 0 aliphatic rings. The van der Waals surface area contributed by atoms with Gasteiger partial charge < -0.3 is 9.51 Å². The van der Waals surface area contributed by atoms with Gasteiger partial charge in [0.25, 0.3) is 0 Å². The Morgan fingerprint density at radius 1 is 0.917 bits per heavy atom. The molecule has 0 aromatic heterocycles. The summed E-state index contributed by atoms with van der Waals surface area (Å²) in [5.41, 5.74) is 0. The second-order valence-corrected chi connectivity index (χ2v) is 2.10. The number of nitrogens with zero attached hydrogens (tertiary/aromatic N) is 2. The molecule has 0 amide bonds. The molecular weight excluding hydrogens is 154 g/mol. The maximum absolute atomic E-state index is 4.71. The maximum atomic E-state index is 4.71. The number of hydrogen-bond acceptors (Lipinski definition) is 4. The highest BCUT2D eigenvalue weighted by atomic mass is 16.6. The summed E-state index contributed by atoms with van der Waals surface area (Å²) in [7, 11) is 12.9. The van der Waals surface area contributed by atoms with E-state index < -0.39 is 0 Å². The first-order valence-electron chi connectivity index (χ1n) is 3.78. The molecule has 6 heteroatoms. The van der Waals surface area contributed by atoms with Crippen LogP contribution < -0.4 is 0 Å². The average molecular weight is 170 g/mol. The number of hydrogen-bond donors (Lipinski definition) is 0. The monoisotopic (exact) mass is 170 g/mol. The van der Waals surface area contributed by atoms with Crippen LogP contribution in [0.2, 0.25) is 0 Å². The molecule has 0 bridgehead atoms. The predicted octanol–water partition coefficient (Wildman–Crippen LogP) is -0.0936. The Bertz CT molecular complexity index is 69.9. The van der Waals surface area contributed by atoms with Crippen molar-refractivity contribution in [2.75, 3.05) is 27.2 Å². The summed E-state index contributed by atoms with van der Waals surface area (Å²) >= 11 is 0. The van der Waals surface area contributed by atoms with Gasteiger partial charge in [0.15, 0.2) is 0 Å². The molecule has 68 valence electrons. The molecule has 0 aliphatic carbocycles. The highest BCUT2D eigenvalue weighted by molar-refractivity contribution is 5.97. The van der Waals surface area contributed by atoms with Crippen LogP contribution in [0.1, 0.15) is 13.8 Å². The molecule has 0 unspecified atom stereocenters. The van der Waals surface area contributed by atoms with Crippen LogP contribution in [0, 0.1) is 0 Å². The Labute approximate surface area is 77.6 Å². The van der Waals surface area contributed by atoms with Crippen molar-refractivity contribution in [1.29, 1.82) is 0 Å². The normalized spacial score (nSPS) is 9.83. The number of rotatable bonds is 4. The quantitative estimate of drug-likeness (QED) is 0.434. The van der Waals surface area contributed by atoms with E-state index in [1.165, 1.54) is 10.1 Å². The van der Waals surface area contributed by atoms with Crippen LogP contribution in [0.15, 0.2) is 0 Å². The summed E-state index contributed by atoms with van der Waals surface area (Å²) in [4.78, 5) is 0. The van der Waals surface area contributed by atoms with E-state index >= 15 is 0 Å². The highest BCUT2D eigenvalue weighted by Crippen LogP contribution is 1.73. The van der Waals surface area contributed by atoms with Crippen molar-refractivity contribution in [3.05, 3.63) is 0 Å².